The first-order chi connectivity index (χ1) is 8.49. The van der Waals surface area contributed by atoms with Gasteiger partial charge in [-0.1, -0.05) is 29.4 Å². The molecule has 0 bridgehead atoms. The van der Waals surface area contributed by atoms with Gasteiger partial charge in [0.1, 0.15) is 0 Å². The topological polar surface area (TPSA) is 60.7 Å². The van der Waals surface area contributed by atoms with Crippen molar-refractivity contribution >= 4 is 0 Å². The van der Waals surface area contributed by atoms with Gasteiger partial charge in [0, 0.05) is 6.61 Å². The van der Waals surface area contributed by atoms with Gasteiger partial charge in [-0.15, -0.1) is 0 Å². The first-order valence-corrected chi connectivity index (χ1v) is 6.39. The molecule has 3 heteroatoms. The van der Waals surface area contributed by atoms with Crippen molar-refractivity contribution in [1.82, 2.24) is 0 Å². The summed E-state index contributed by atoms with van der Waals surface area (Å²) in [4.78, 5) is 0. The van der Waals surface area contributed by atoms with Gasteiger partial charge in [-0.05, 0) is 45.6 Å². The lowest BCUT2D eigenvalue weighted by Gasteiger charge is -2.06. The molecule has 18 heavy (non-hydrogen) atoms. The average Bonchev–Trinajstić information content (AvgIpc) is 2.27. The number of rotatable bonds is 8. The maximum atomic E-state index is 9.80. The van der Waals surface area contributed by atoms with Crippen LogP contribution in [0.1, 0.15) is 40.0 Å². The number of hydrogen-bond acceptors (Lipinski definition) is 3. The average molecular weight is 254 g/mol. The fraction of sp³-hybridized carbons (Fsp3) is 0.600. The Kier molecular flexibility index (Phi) is 9.56. The second-order valence-corrected chi connectivity index (χ2v) is 4.78. The quantitative estimate of drug-likeness (QED) is 0.583. The van der Waals surface area contributed by atoms with Crippen molar-refractivity contribution < 1.29 is 15.3 Å². The van der Waals surface area contributed by atoms with Crippen molar-refractivity contribution in [1.29, 1.82) is 0 Å². The van der Waals surface area contributed by atoms with Gasteiger partial charge >= 0.3 is 0 Å². The lowest BCUT2D eigenvalue weighted by Crippen LogP contribution is -2.04. The zero-order valence-corrected chi connectivity index (χ0v) is 11.7. The molecule has 0 unspecified atom stereocenters. The Bertz CT molecular complexity index is 310. The van der Waals surface area contributed by atoms with Crippen molar-refractivity contribution in [2.45, 2.75) is 46.1 Å². The minimum absolute atomic E-state index is 0.0115. The third-order valence-electron chi connectivity index (χ3n) is 2.59. The predicted molar refractivity (Wildman–Crippen MR) is 75.3 cm³/mol. The van der Waals surface area contributed by atoms with Crippen LogP contribution in [0.15, 0.2) is 34.9 Å². The maximum Gasteiger partial charge on any atom is 0.0908 e. The van der Waals surface area contributed by atoms with Crippen molar-refractivity contribution in [3.63, 3.8) is 0 Å². The minimum Gasteiger partial charge on any atom is -0.396 e. The van der Waals surface area contributed by atoms with Gasteiger partial charge in [0.05, 0.1) is 12.7 Å². The van der Waals surface area contributed by atoms with E-state index in [4.69, 9.17) is 10.2 Å². The highest BCUT2D eigenvalue weighted by Crippen LogP contribution is 2.10. The van der Waals surface area contributed by atoms with E-state index < -0.39 is 6.10 Å². The lowest BCUT2D eigenvalue weighted by atomic mass is 10.1. The van der Waals surface area contributed by atoms with Crippen LogP contribution in [-0.4, -0.2) is 34.6 Å². The van der Waals surface area contributed by atoms with Crippen LogP contribution in [-0.2, 0) is 0 Å². The highest BCUT2D eigenvalue weighted by Gasteiger charge is 2.01. The Balaban J connectivity index is 4.33. The van der Waals surface area contributed by atoms with Gasteiger partial charge in [0.2, 0.25) is 0 Å². The fourth-order valence-corrected chi connectivity index (χ4v) is 1.61. The molecule has 3 nitrogen and oxygen atoms in total. The molecular formula is C15H26O3. The highest BCUT2D eigenvalue weighted by molar-refractivity contribution is 5.14. The Morgan fingerprint density at radius 1 is 1.06 bits per heavy atom. The summed E-state index contributed by atoms with van der Waals surface area (Å²) in [5.74, 6) is 0. The second-order valence-electron chi connectivity index (χ2n) is 4.78. The Morgan fingerprint density at radius 2 is 1.72 bits per heavy atom. The summed E-state index contributed by atoms with van der Waals surface area (Å²) in [6.45, 7) is 5.99. The molecule has 104 valence electrons. The standard InChI is InChI=1S/C15H26O3/c1-12(2)5-4-6-13(3)9-15(18)10-14(11-17)7-8-16/h5,9-10,15-18H,4,6-8,11H2,1-3H3/b13-9+,14-10-/t15-/m0/s1. The van der Waals surface area contributed by atoms with Crippen LogP contribution in [0.3, 0.4) is 0 Å². The van der Waals surface area contributed by atoms with E-state index in [1.54, 1.807) is 12.2 Å². The van der Waals surface area contributed by atoms with Crippen LogP contribution in [0.4, 0.5) is 0 Å². The van der Waals surface area contributed by atoms with E-state index in [0.29, 0.717) is 12.0 Å². The summed E-state index contributed by atoms with van der Waals surface area (Å²) in [6.07, 6.45) is 7.16. The number of aliphatic hydroxyl groups is 3. The summed E-state index contributed by atoms with van der Waals surface area (Å²) in [5, 5.41) is 27.6. The molecule has 3 N–H and O–H groups in total. The molecule has 0 aromatic heterocycles. The molecule has 0 aromatic carbocycles. The molecule has 0 rings (SSSR count). The van der Waals surface area contributed by atoms with Crippen LogP contribution in [0.2, 0.25) is 0 Å². The molecule has 0 saturated carbocycles. The van der Waals surface area contributed by atoms with E-state index in [2.05, 4.69) is 19.9 Å². The normalized spacial score (nSPS) is 14.6. The van der Waals surface area contributed by atoms with Crippen LogP contribution in [0, 0.1) is 0 Å². The van der Waals surface area contributed by atoms with E-state index in [9.17, 15) is 5.11 Å². The van der Waals surface area contributed by atoms with E-state index >= 15 is 0 Å². The van der Waals surface area contributed by atoms with Gasteiger partial charge in [0.25, 0.3) is 0 Å². The van der Waals surface area contributed by atoms with Crippen LogP contribution >= 0.6 is 0 Å². The molecule has 0 aliphatic carbocycles. The second kappa shape index (κ2) is 10.1. The number of allylic oxidation sites excluding steroid dienone is 3. The third kappa shape index (κ3) is 9.16. The Hall–Kier alpha value is -0.900. The first kappa shape index (κ1) is 17.1. The van der Waals surface area contributed by atoms with Crippen LogP contribution in [0.5, 0.6) is 0 Å². The minimum atomic E-state index is -0.689. The molecule has 0 spiro atoms. The summed E-state index contributed by atoms with van der Waals surface area (Å²) in [7, 11) is 0. The third-order valence-corrected chi connectivity index (χ3v) is 2.59. The molecule has 0 aromatic rings. The Labute approximate surface area is 110 Å². The molecule has 0 heterocycles. The molecule has 1 atom stereocenters. The van der Waals surface area contributed by atoms with Gasteiger partial charge in [-0.2, -0.15) is 0 Å². The van der Waals surface area contributed by atoms with Gasteiger partial charge < -0.3 is 15.3 Å². The summed E-state index contributed by atoms with van der Waals surface area (Å²) in [6, 6.07) is 0. The van der Waals surface area contributed by atoms with E-state index in [-0.39, 0.29) is 13.2 Å². The molecule has 0 saturated heterocycles. The summed E-state index contributed by atoms with van der Waals surface area (Å²) >= 11 is 0. The summed E-state index contributed by atoms with van der Waals surface area (Å²) < 4.78 is 0. The number of hydrogen-bond donors (Lipinski definition) is 3. The van der Waals surface area contributed by atoms with Crippen molar-refractivity contribution in [2.75, 3.05) is 13.2 Å². The molecule has 0 amide bonds. The van der Waals surface area contributed by atoms with Gasteiger partial charge in [0.15, 0.2) is 0 Å². The highest BCUT2D eigenvalue weighted by atomic mass is 16.3. The van der Waals surface area contributed by atoms with Gasteiger partial charge in [-0.3, -0.25) is 0 Å². The van der Waals surface area contributed by atoms with E-state index in [1.165, 1.54) is 5.57 Å². The smallest absolute Gasteiger partial charge is 0.0908 e. The van der Waals surface area contributed by atoms with Gasteiger partial charge in [-0.25, -0.2) is 0 Å². The SMILES string of the molecule is CC(C)=CCC/C(C)=C/[C@H](O)/C=C(\CO)CCO. The largest absolute Gasteiger partial charge is 0.396 e. The molecule has 0 radical (unpaired) electrons. The first-order valence-electron chi connectivity index (χ1n) is 6.39. The molecule has 0 aliphatic heterocycles. The summed E-state index contributed by atoms with van der Waals surface area (Å²) in [5.41, 5.74) is 3.09. The lowest BCUT2D eigenvalue weighted by molar-refractivity contribution is 0.257. The number of aliphatic hydroxyl groups excluding tert-OH is 3. The molecule has 0 fully saturated rings. The maximum absolute atomic E-state index is 9.80. The predicted octanol–water partition coefficient (Wildman–Crippen LogP) is 2.34. The molecular weight excluding hydrogens is 228 g/mol. The van der Waals surface area contributed by atoms with Crippen LogP contribution in [0.25, 0.3) is 0 Å². The zero-order valence-electron chi connectivity index (χ0n) is 11.7. The van der Waals surface area contributed by atoms with Crippen molar-refractivity contribution in [3.05, 3.63) is 34.9 Å². The van der Waals surface area contributed by atoms with E-state index in [0.717, 1.165) is 18.4 Å². The van der Waals surface area contributed by atoms with E-state index in [1.807, 2.05) is 6.92 Å². The van der Waals surface area contributed by atoms with Crippen molar-refractivity contribution in [3.8, 4) is 0 Å². The Morgan fingerprint density at radius 3 is 2.22 bits per heavy atom. The monoisotopic (exact) mass is 254 g/mol. The fourth-order valence-electron chi connectivity index (χ4n) is 1.61. The van der Waals surface area contributed by atoms with Crippen molar-refractivity contribution in [2.24, 2.45) is 0 Å². The zero-order chi connectivity index (χ0) is 14.0. The molecule has 0 aliphatic rings. The van der Waals surface area contributed by atoms with Crippen LogP contribution < -0.4 is 0 Å².